The summed E-state index contributed by atoms with van der Waals surface area (Å²) in [6.07, 6.45) is 6.44. The van der Waals surface area contributed by atoms with Gasteiger partial charge in [-0.2, -0.15) is 0 Å². The summed E-state index contributed by atoms with van der Waals surface area (Å²) in [5, 5.41) is 9.62. The Morgan fingerprint density at radius 3 is 2.80 bits per heavy atom. The number of hydrogen-bond acceptors (Lipinski definition) is 1. The van der Waals surface area contributed by atoms with Gasteiger partial charge in [-0.3, -0.25) is 0 Å². The van der Waals surface area contributed by atoms with Crippen LogP contribution in [0.3, 0.4) is 0 Å². The minimum absolute atomic E-state index is 0.176. The standard InChI is InChI=1S/C14H22O/c1-9(2)13-6-4-11-8-12(15)5-7-14(11)10(13)3/h8,10,12-15H,1,4-7H2,2-3H3. The van der Waals surface area contributed by atoms with Crippen molar-refractivity contribution in [1.82, 2.24) is 0 Å². The normalized spacial score (nSPS) is 40.6. The summed E-state index contributed by atoms with van der Waals surface area (Å²) in [6, 6.07) is 0. The number of allylic oxidation sites excluding steroid dienone is 2. The summed E-state index contributed by atoms with van der Waals surface area (Å²) in [5.41, 5.74) is 2.85. The molecule has 2 aliphatic carbocycles. The first-order valence-electron chi connectivity index (χ1n) is 6.13. The molecule has 1 heteroatoms. The molecule has 2 rings (SSSR count). The van der Waals surface area contributed by atoms with Crippen LogP contribution >= 0.6 is 0 Å². The number of fused-ring (bicyclic) bond motifs is 1. The van der Waals surface area contributed by atoms with Crippen molar-refractivity contribution in [1.29, 1.82) is 0 Å². The van der Waals surface area contributed by atoms with Crippen molar-refractivity contribution in [3.8, 4) is 0 Å². The summed E-state index contributed by atoms with van der Waals surface area (Å²) in [6.45, 7) is 8.63. The molecule has 2 aliphatic rings. The van der Waals surface area contributed by atoms with E-state index in [-0.39, 0.29) is 6.10 Å². The lowest BCUT2D eigenvalue weighted by Gasteiger charge is -2.41. The molecule has 0 spiro atoms. The second-order valence-corrected chi connectivity index (χ2v) is 5.34. The molecule has 0 bridgehead atoms. The highest BCUT2D eigenvalue weighted by Gasteiger charge is 2.35. The molecule has 1 N–H and O–H groups in total. The average molecular weight is 206 g/mol. The first-order valence-corrected chi connectivity index (χ1v) is 6.13. The number of rotatable bonds is 1. The maximum Gasteiger partial charge on any atom is 0.0723 e. The predicted molar refractivity (Wildman–Crippen MR) is 63.5 cm³/mol. The second-order valence-electron chi connectivity index (χ2n) is 5.34. The van der Waals surface area contributed by atoms with Crippen LogP contribution in [-0.4, -0.2) is 11.2 Å². The van der Waals surface area contributed by atoms with Gasteiger partial charge < -0.3 is 5.11 Å². The fourth-order valence-corrected chi connectivity index (χ4v) is 3.42. The third kappa shape index (κ3) is 2.03. The monoisotopic (exact) mass is 206 g/mol. The summed E-state index contributed by atoms with van der Waals surface area (Å²) < 4.78 is 0. The van der Waals surface area contributed by atoms with Gasteiger partial charge in [-0.25, -0.2) is 0 Å². The Kier molecular flexibility index (Phi) is 3.01. The summed E-state index contributed by atoms with van der Waals surface area (Å²) >= 11 is 0. The summed E-state index contributed by atoms with van der Waals surface area (Å²) in [5.74, 6) is 2.13. The van der Waals surface area contributed by atoms with E-state index in [9.17, 15) is 5.11 Å². The van der Waals surface area contributed by atoms with E-state index in [2.05, 4.69) is 26.5 Å². The van der Waals surface area contributed by atoms with Gasteiger partial charge in [-0.1, -0.05) is 30.7 Å². The van der Waals surface area contributed by atoms with Crippen LogP contribution in [0.25, 0.3) is 0 Å². The van der Waals surface area contributed by atoms with Crippen molar-refractivity contribution in [2.75, 3.05) is 0 Å². The van der Waals surface area contributed by atoms with Crippen molar-refractivity contribution >= 4 is 0 Å². The predicted octanol–water partition coefficient (Wildman–Crippen LogP) is 3.31. The molecule has 4 unspecified atom stereocenters. The van der Waals surface area contributed by atoms with Crippen molar-refractivity contribution < 1.29 is 5.11 Å². The maximum atomic E-state index is 9.62. The first kappa shape index (κ1) is 10.9. The molecule has 15 heavy (non-hydrogen) atoms. The van der Waals surface area contributed by atoms with Gasteiger partial charge in [0, 0.05) is 0 Å². The number of aliphatic hydroxyl groups excluding tert-OH is 1. The zero-order chi connectivity index (χ0) is 11.0. The molecule has 0 amide bonds. The molecule has 1 nitrogen and oxygen atoms in total. The summed E-state index contributed by atoms with van der Waals surface area (Å²) in [4.78, 5) is 0. The molecule has 0 aromatic carbocycles. The number of aliphatic hydroxyl groups is 1. The lowest BCUT2D eigenvalue weighted by atomic mass is 9.65. The molecule has 0 aliphatic heterocycles. The topological polar surface area (TPSA) is 20.2 Å². The van der Waals surface area contributed by atoms with E-state index in [1.54, 1.807) is 0 Å². The molecule has 1 saturated carbocycles. The van der Waals surface area contributed by atoms with Gasteiger partial charge in [-0.05, 0) is 50.4 Å². The largest absolute Gasteiger partial charge is 0.389 e. The van der Waals surface area contributed by atoms with Crippen LogP contribution in [-0.2, 0) is 0 Å². The maximum absolute atomic E-state index is 9.62. The zero-order valence-electron chi connectivity index (χ0n) is 9.87. The summed E-state index contributed by atoms with van der Waals surface area (Å²) in [7, 11) is 0. The Hall–Kier alpha value is -0.560. The molecule has 4 atom stereocenters. The van der Waals surface area contributed by atoms with Gasteiger partial charge >= 0.3 is 0 Å². The fraction of sp³-hybridized carbons (Fsp3) is 0.714. The highest BCUT2D eigenvalue weighted by molar-refractivity contribution is 5.19. The first-order chi connectivity index (χ1) is 7.09. The van der Waals surface area contributed by atoms with Gasteiger partial charge in [0.15, 0.2) is 0 Å². The SMILES string of the molecule is C=C(C)C1CCC2=CC(O)CCC2C1C. The van der Waals surface area contributed by atoms with E-state index < -0.39 is 0 Å². The molecule has 0 aromatic rings. The van der Waals surface area contributed by atoms with E-state index in [4.69, 9.17) is 0 Å². The van der Waals surface area contributed by atoms with Gasteiger partial charge in [0.2, 0.25) is 0 Å². The Balaban J connectivity index is 2.16. The fourth-order valence-electron chi connectivity index (χ4n) is 3.42. The lowest BCUT2D eigenvalue weighted by Crippen LogP contribution is -2.32. The number of hydrogen-bond donors (Lipinski definition) is 1. The Morgan fingerprint density at radius 1 is 1.40 bits per heavy atom. The highest BCUT2D eigenvalue weighted by Crippen LogP contribution is 2.45. The Morgan fingerprint density at radius 2 is 2.13 bits per heavy atom. The van der Waals surface area contributed by atoms with Crippen molar-refractivity contribution in [3.05, 3.63) is 23.8 Å². The minimum Gasteiger partial charge on any atom is -0.389 e. The quantitative estimate of drug-likeness (QED) is 0.653. The zero-order valence-corrected chi connectivity index (χ0v) is 9.87. The van der Waals surface area contributed by atoms with Crippen LogP contribution in [0.2, 0.25) is 0 Å². The van der Waals surface area contributed by atoms with Crippen molar-refractivity contribution in [3.63, 3.8) is 0 Å². The third-order valence-electron chi connectivity index (χ3n) is 4.30. The van der Waals surface area contributed by atoms with Crippen molar-refractivity contribution in [2.24, 2.45) is 17.8 Å². The minimum atomic E-state index is -0.176. The van der Waals surface area contributed by atoms with E-state index in [1.165, 1.54) is 24.0 Å². The van der Waals surface area contributed by atoms with Crippen molar-refractivity contribution in [2.45, 2.75) is 45.6 Å². The van der Waals surface area contributed by atoms with E-state index in [0.717, 1.165) is 18.8 Å². The van der Waals surface area contributed by atoms with Crippen LogP contribution in [0.4, 0.5) is 0 Å². The smallest absolute Gasteiger partial charge is 0.0723 e. The van der Waals surface area contributed by atoms with Gasteiger partial charge in [0.05, 0.1) is 6.10 Å². The van der Waals surface area contributed by atoms with Gasteiger partial charge in [0.25, 0.3) is 0 Å². The van der Waals surface area contributed by atoms with Gasteiger partial charge in [-0.15, -0.1) is 0 Å². The molecule has 1 fully saturated rings. The second kappa shape index (κ2) is 4.13. The van der Waals surface area contributed by atoms with Crippen LogP contribution in [0.15, 0.2) is 23.8 Å². The third-order valence-corrected chi connectivity index (χ3v) is 4.30. The van der Waals surface area contributed by atoms with Crippen LogP contribution in [0.1, 0.15) is 39.5 Å². The molecular formula is C14H22O. The molecule has 0 radical (unpaired) electrons. The Bertz CT molecular complexity index is 290. The molecular weight excluding hydrogens is 184 g/mol. The molecule has 84 valence electrons. The highest BCUT2D eigenvalue weighted by atomic mass is 16.3. The Labute approximate surface area is 92.9 Å². The van der Waals surface area contributed by atoms with E-state index >= 15 is 0 Å². The van der Waals surface area contributed by atoms with Crippen LogP contribution in [0, 0.1) is 17.8 Å². The van der Waals surface area contributed by atoms with E-state index in [1.807, 2.05) is 0 Å². The average Bonchev–Trinajstić information content (AvgIpc) is 2.17. The lowest BCUT2D eigenvalue weighted by molar-refractivity contribution is 0.155. The van der Waals surface area contributed by atoms with Crippen LogP contribution in [0.5, 0.6) is 0 Å². The molecule has 0 heterocycles. The van der Waals surface area contributed by atoms with Gasteiger partial charge in [0.1, 0.15) is 0 Å². The van der Waals surface area contributed by atoms with Crippen LogP contribution < -0.4 is 0 Å². The van der Waals surface area contributed by atoms with E-state index in [0.29, 0.717) is 11.8 Å². The molecule has 0 saturated heterocycles. The molecule has 0 aromatic heterocycles.